The molecule has 112 valence electrons. The molecule has 1 aromatic heterocycles. The van der Waals surface area contributed by atoms with Gasteiger partial charge in [-0.3, -0.25) is 10.00 Å². The van der Waals surface area contributed by atoms with E-state index in [1.54, 1.807) is 0 Å². The first-order valence-corrected chi connectivity index (χ1v) is 7.28. The van der Waals surface area contributed by atoms with Gasteiger partial charge >= 0.3 is 5.97 Å². The third-order valence-electron chi connectivity index (χ3n) is 3.71. The summed E-state index contributed by atoms with van der Waals surface area (Å²) in [5.74, 6) is -0.179. The van der Waals surface area contributed by atoms with E-state index in [2.05, 4.69) is 20.4 Å². The molecule has 0 radical (unpaired) electrons. The lowest BCUT2D eigenvalue weighted by Gasteiger charge is -2.29. The first-order chi connectivity index (χ1) is 9.65. The number of ether oxygens (including phenoxy) is 1. The maximum Gasteiger partial charge on any atom is 0.328 e. The van der Waals surface area contributed by atoms with Gasteiger partial charge in [-0.1, -0.05) is 0 Å². The van der Waals surface area contributed by atoms with Gasteiger partial charge in [0, 0.05) is 30.9 Å². The van der Waals surface area contributed by atoms with E-state index in [4.69, 9.17) is 4.74 Å². The van der Waals surface area contributed by atoms with Crippen molar-refractivity contribution in [1.29, 1.82) is 0 Å². The van der Waals surface area contributed by atoms with Crippen LogP contribution in [-0.2, 0) is 9.53 Å². The second-order valence-corrected chi connectivity index (χ2v) is 5.14. The SMILES string of the molecule is CCOC(=O)C(c1c(C)n[nH]c1C)N1CCCNCC1. The minimum absolute atomic E-state index is 0.179. The van der Waals surface area contributed by atoms with Crippen molar-refractivity contribution in [3.8, 4) is 0 Å². The smallest absolute Gasteiger partial charge is 0.328 e. The zero-order valence-electron chi connectivity index (χ0n) is 12.5. The first kappa shape index (κ1) is 15.0. The highest BCUT2D eigenvalue weighted by Crippen LogP contribution is 2.27. The van der Waals surface area contributed by atoms with E-state index >= 15 is 0 Å². The molecule has 2 N–H and O–H groups in total. The molecule has 20 heavy (non-hydrogen) atoms. The second kappa shape index (κ2) is 6.85. The summed E-state index contributed by atoms with van der Waals surface area (Å²) in [5, 5.41) is 10.6. The summed E-state index contributed by atoms with van der Waals surface area (Å²) >= 11 is 0. The lowest BCUT2D eigenvalue weighted by molar-refractivity contribution is -0.149. The quantitative estimate of drug-likeness (QED) is 0.803. The van der Waals surface area contributed by atoms with Crippen LogP contribution in [0.4, 0.5) is 0 Å². The molecule has 6 heteroatoms. The molecule has 0 saturated carbocycles. The predicted octanol–water partition coefficient (Wildman–Crippen LogP) is 0.926. The first-order valence-electron chi connectivity index (χ1n) is 7.28. The molecule has 1 saturated heterocycles. The molecule has 1 atom stereocenters. The van der Waals surface area contributed by atoms with Crippen LogP contribution in [0.3, 0.4) is 0 Å². The molecular weight excluding hydrogens is 256 g/mol. The monoisotopic (exact) mass is 280 g/mol. The third kappa shape index (κ3) is 3.19. The number of aromatic nitrogens is 2. The van der Waals surface area contributed by atoms with E-state index < -0.39 is 0 Å². The largest absolute Gasteiger partial charge is 0.465 e. The number of hydrogen-bond donors (Lipinski definition) is 2. The fraction of sp³-hybridized carbons (Fsp3) is 0.714. The highest BCUT2D eigenvalue weighted by Gasteiger charge is 2.33. The Hall–Kier alpha value is -1.40. The number of carbonyl (C=O) groups is 1. The van der Waals surface area contributed by atoms with Crippen molar-refractivity contribution in [3.05, 3.63) is 17.0 Å². The molecule has 0 bridgehead atoms. The minimum atomic E-state index is -0.353. The summed E-state index contributed by atoms with van der Waals surface area (Å²) < 4.78 is 5.29. The molecule has 1 unspecified atom stereocenters. The summed E-state index contributed by atoms with van der Waals surface area (Å²) in [4.78, 5) is 14.6. The van der Waals surface area contributed by atoms with E-state index in [-0.39, 0.29) is 12.0 Å². The molecule has 1 fully saturated rings. The standard InChI is InChI=1S/C14H24N4O2/c1-4-20-14(19)13(12-10(2)16-17-11(12)3)18-8-5-6-15-7-9-18/h13,15H,4-9H2,1-3H3,(H,16,17). The lowest BCUT2D eigenvalue weighted by Crippen LogP contribution is -2.38. The Kier molecular flexibility index (Phi) is 5.14. The zero-order chi connectivity index (χ0) is 14.5. The van der Waals surface area contributed by atoms with Crippen LogP contribution >= 0.6 is 0 Å². The van der Waals surface area contributed by atoms with Crippen molar-refractivity contribution in [1.82, 2.24) is 20.4 Å². The van der Waals surface area contributed by atoms with Crippen LogP contribution in [0.2, 0.25) is 0 Å². The fourth-order valence-corrected chi connectivity index (χ4v) is 2.76. The molecule has 1 aromatic rings. The van der Waals surface area contributed by atoms with Gasteiger partial charge in [0.05, 0.1) is 12.3 Å². The number of esters is 1. The summed E-state index contributed by atoms with van der Waals surface area (Å²) in [6.07, 6.45) is 1.03. The Morgan fingerprint density at radius 1 is 1.40 bits per heavy atom. The molecular formula is C14H24N4O2. The van der Waals surface area contributed by atoms with Gasteiger partial charge in [0.15, 0.2) is 0 Å². The molecule has 2 rings (SSSR count). The van der Waals surface area contributed by atoms with Crippen LogP contribution in [0.25, 0.3) is 0 Å². The second-order valence-electron chi connectivity index (χ2n) is 5.14. The number of H-pyrrole nitrogens is 1. The Morgan fingerprint density at radius 3 is 2.85 bits per heavy atom. The van der Waals surface area contributed by atoms with Crippen LogP contribution in [0.5, 0.6) is 0 Å². The van der Waals surface area contributed by atoms with E-state index in [0.717, 1.165) is 49.6 Å². The molecule has 1 aliphatic rings. The van der Waals surface area contributed by atoms with Crippen molar-refractivity contribution >= 4 is 5.97 Å². The van der Waals surface area contributed by atoms with Crippen LogP contribution < -0.4 is 5.32 Å². The van der Waals surface area contributed by atoms with Gasteiger partial charge in [0.1, 0.15) is 6.04 Å². The molecule has 0 aliphatic carbocycles. The van der Waals surface area contributed by atoms with E-state index in [0.29, 0.717) is 6.61 Å². The minimum Gasteiger partial charge on any atom is -0.465 e. The van der Waals surface area contributed by atoms with Gasteiger partial charge in [0.25, 0.3) is 0 Å². The molecule has 0 amide bonds. The van der Waals surface area contributed by atoms with Gasteiger partial charge in [-0.15, -0.1) is 0 Å². The maximum atomic E-state index is 12.4. The number of aryl methyl sites for hydroxylation is 2. The van der Waals surface area contributed by atoms with E-state index in [1.165, 1.54) is 0 Å². The van der Waals surface area contributed by atoms with Crippen LogP contribution in [0, 0.1) is 13.8 Å². The number of rotatable bonds is 4. The molecule has 2 heterocycles. The Balaban J connectivity index is 2.31. The summed E-state index contributed by atoms with van der Waals surface area (Å²) in [7, 11) is 0. The van der Waals surface area contributed by atoms with Crippen molar-refractivity contribution in [2.45, 2.75) is 33.2 Å². The fourth-order valence-electron chi connectivity index (χ4n) is 2.76. The number of nitrogens with zero attached hydrogens (tertiary/aromatic N) is 2. The van der Waals surface area contributed by atoms with Crippen LogP contribution in [0.15, 0.2) is 0 Å². The number of hydrogen-bond acceptors (Lipinski definition) is 5. The Bertz CT molecular complexity index is 431. The highest BCUT2D eigenvalue weighted by molar-refractivity contribution is 5.78. The van der Waals surface area contributed by atoms with E-state index in [1.807, 2.05) is 20.8 Å². The Labute approximate surface area is 119 Å². The van der Waals surface area contributed by atoms with Crippen LogP contribution in [-0.4, -0.2) is 53.9 Å². The van der Waals surface area contributed by atoms with Gasteiger partial charge in [-0.05, 0) is 33.7 Å². The average molecular weight is 280 g/mol. The predicted molar refractivity (Wildman–Crippen MR) is 76.5 cm³/mol. The summed E-state index contributed by atoms with van der Waals surface area (Å²) in [5.41, 5.74) is 2.78. The van der Waals surface area contributed by atoms with Gasteiger partial charge in [-0.25, -0.2) is 4.79 Å². The maximum absolute atomic E-state index is 12.4. The summed E-state index contributed by atoms with van der Waals surface area (Å²) in [6.45, 7) is 9.75. The van der Waals surface area contributed by atoms with Crippen molar-refractivity contribution in [2.75, 3.05) is 32.8 Å². The van der Waals surface area contributed by atoms with Gasteiger partial charge < -0.3 is 10.1 Å². The zero-order valence-corrected chi connectivity index (χ0v) is 12.5. The normalized spacial score (nSPS) is 18.6. The Morgan fingerprint density at radius 2 is 2.20 bits per heavy atom. The summed E-state index contributed by atoms with van der Waals surface area (Å²) in [6, 6.07) is -0.353. The van der Waals surface area contributed by atoms with Crippen molar-refractivity contribution in [2.24, 2.45) is 0 Å². The third-order valence-corrected chi connectivity index (χ3v) is 3.71. The topological polar surface area (TPSA) is 70.2 Å². The van der Waals surface area contributed by atoms with Crippen molar-refractivity contribution < 1.29 is 9.53 Å². The average Bonchev–Trinajstić information content (AvgIpc) is 2.65. The number of aromatic amines is 1. The van der Waals surface area contributed by atoms with Crippen LogP contribution in [0.1, 0.15) is 36.3 Å². The van der Waals surface area contributed by atoms with E-state index in [9.17, 15) is 4.79 Å². The molecule has 0 aromatic carbocycles. The number of nitrogens with one attached hydrogen (secondary N) is 2. The van der Waals surface area contributed by atoms with Crippen molar-refractivity contribution in [3.63, 3.8) is 0 Å². The van der Waals surface area contributed by atoms with Gasteiger partial charge in [0.2, 0.25) is 0 Å². The highest BCUT2D eigenvalue weighted by atomic mass is 16.5. The molecule has 6 nitrogen and oxygen atoms in total. The van der Waals surface area contributed by atoms with Gasteiger partial charge in [-0.2, -0.15) is 5.10 Å². The molecule has 1 aliphatic heterocycles. The molecule has 0 spiro atoms. The number of carbonyl (C=O) groups excluding carboxylic acids is 1. The lowest BCUT2D eigenvalue weighted by atomic mass is 10.0.